The van der Waals surface area contributed by atoms with Crippen LogP contribution in [0.5, 0.6) is 0 Å². The molecule has 0 aliphatic carbocycles. The smallest absolute Gasteiger partial charge is 0.355 e. The second-order valence-electron chi connectivity index (χ2n) is 6.13. The summed E-state index contributed by atoms with van der Waals surface area (Å²) in [4.78, 5) is 25.0. The monoisotopic (exact) mass is 381 g/mol. The highest BCUT2D eigenvalue weighted by Crippen LogP contribution is 2.29. The second-order valence-corrected chi connectivity index (χ2v) is 6.13. The van der Waals surface area contributed by atoms with E-state index in [1.165, 1.54) is 0 Å². The van der Waals surface area contributed by atoms with Gasteiger partial charge in [0.2, 0.25) is 0 Å². The van der Waals surface area contributed by atoms with Crippen LogP contribution in [-0.2, 0) is 22.1 Å². The van der Waals surface area contributed by atoms with Crippen LogP contribution in [0, 0.1) is 0 Å². The van der Waals surface area contributed by atoms with Crippen LogP contribution in [0.15, 0.2) is 30.7 Å². The highest BCUT2D eigenvalue weighted by Gasteiger charge is 2.42. The molecule has 0 radical (unpaired) electrons. The summed E-state index contributed by atoms with van der Waals surface area (Å²) in [6, 6.07) is 3.45. The van der Waals surface area contributed by atoms with E-state index < -0.39 is 11.5 Å². The molecule has 1 amide bonds. The summed E-state index contributed by atoms with van der Waals surface area (Å²) in [5.74, 6) is -0.534. The fourth-order valence-electron chi connectivity index (χ4n) is 3.21. The zero-order valence-electron chi connectivity index (χ0n) is 14.9. The minimum Gasteiger partial charge on any atom is -0.461 e. The van der Waals surface area contributed by atoms with Crippen molar-refractivity contribution in [3.63, 3.8) is 0 Å². The lowest BCUT2D eigenvalue weighted by Crippen LogP contribution is -2.52. The van der Waals surface area contributed by atoms with Gasteiger partial charge in [-0.15, -0.1) is 12.4 Å². The highest BCUT2D eigenvalue weighted by molar-refractivity contribution is 5.98. The number of piperidine rings is 1. The van der Waals surface area contributed by atoms with E-state index in [0.29, 0.717) is 30.8 Å². The molecule has 8 nitrogen and oxygen atoms in total. The molecule has 26 heavy (non-hydrogen) atoms. The quantitative estimate of drug-likeness (QED) is 0.767. The van der Waals surface area contributed by atoms with Gasteiger partial charge in [-0.1, -0.05) is 0 Å². The summed E-state index contributed by atoms with van der Waals surface area (Å²) in [6.45, 7) is 3.56. The molecule has 0 saturated carbocycles. The number of anilines is 1. The van der Waals surface area contributed by atoms with Crippen LogP contribution >= 0.6 is 12.4 Å². The molecule has 0 spiro atoms. The van der Waals surface area contributed by atoms with Crippen LogP contribution in [-0.4, -0.2) is 45.9 Å². The van der Waals surface area contributed by atoms with Gasteiger partial charge in [0.15, 0.2) is 0 Å². The minimum absolute atomic E-state index is 0. The molecule has 1 saturated heterocycles. The highest BCUT2D eigenvalue weighted by atomic mass is 35.5. The Morgan fingerprint density at radius 2 is 2.12 bits per heavy atom. The molecule has 0 bridgehead atoms. The van der Waals surface area contributed by atoms with Crippen molar-refractivity contribution < 1.29 is 14.3 Å². The van der Waals surface area contributed by atoms with E-state index in [0.717, 1.165) is 13.1 Å². The maximum atomic E-state index is 13.1. The molecule has 9 heteroatoms. The van der Waals surface area contributed by atoms with Gasteiger partial charge in [0.05, 0.1) is 12.3 Å². The maximum Gasteiger partial charge on any atom is 0.355 e. The number of amides is 1. The van der Waals surface area contributed by atoms with Crippen molar-refractivity contribution in [2.24, 2.45) is 7.05 Å². The van der Waals surface area contributed by atoms with Crippen molar-refractivity contribution in [3.05, 3.63) is 36.4 Å². The van der Waals surface area contributed by atoms with Gasteiger partial charge in [-0.25, -0.2) is 4.79 Å². The molecular weight excluding hydrogens is 358 g/mol. The largest absolute Gasteiger partial charge is 0.461 e. The summed E-state index contributed by atoms with van der Waals surface area (Å²) < 4.78 is 8.41. The van der Waals surface area contributed by atoms with E-state index in [1.54, 1.807) is 41.7 Å². The van der Waals surface area contributed by atoms with E-state index in [-0.39, 0.29) is 18.3 Å². The molecule has 2 aromatic heterocycles. The fourth-order valence-corrected chi connectivity index (χ4v) is 3.21. The standard InChI is InChI=1S/C17H23N5O3.ClH/c1-3-25-15(23)14-11-13(12-21(14)2)20-16(24)17(5-8-18-9-6-17)22-10-4-7-19-22;/h4,7,10-12,18H,3,5-6,8-9H2,1-2H3,(H,20,24);1H. The predicted molar refractivity (Wildman–Crippen MR) is 99.6 cm³/mol. The Kier molecular flexibility index (Phi) is 6.44. The lowest BCUT2D eigenvalue weighted by Gasteiger charge is -2.36. The number of nitrogens with one attached hydrogen (secondary N) is 2. The van der Waals surface area contributed by atoms with Crippen LogP contribution in [0.2, 0.25) is 0 Å². The van der Waals surface area contributed by atoms with Crippen LogP contribution in [0.4, 0.5) is 5.69 Å². The first kappa shape index (κ1) is 20.0. The molecule has 142 valence electrons. The number of rotatable bonds is 5. The summed E-state index contributed by atoms with van der Waals surface area (Å²) in [5, 5.41) is 10.5. The van der Waals surface area contributed by atoms with Crippen molar-refractivity contribution >= 4 is 30.0 Å². The lowest BCUT2D eigenvalue weighted by molar-refractivity contribution is -0.126. The number of nitrogens with zero attached hydrogens (tertiary/aromatic N) is 3. The van der Waals surface area contributed by atoms with Crippen molar-refractivity contribution in [2.75, 3.05) is 25.0 Å². The molecule has 0 unspecified atom stereocenters. The lowest BCUT2D eigenvalue weighted by atomic mass is 9.87. The third kappa shape index (κ3) is 3.76. The molecule has 1 aliphatic rings. The van der Waals surface area contributed by atoms with Gasteiger partial charge in [0.25, 0.3) is 5.91 Å². The van der Waals surface area contributed by atoms with E-state index in [2.05, 4.69) is 15.7 Å². The predicted octanol–water partition coefficient (Wildman–Crippen LogP) is 1.54. The Morgan fingerprint density at radius 1 is 1.38 bits per heavy atom. The molecular formula is C17H24ClN5O3. The molecule has 1 fully saturated rings. The second kappa shape index (κ2) is 8.37. The molecule has 3 heterocycles. The Hall–Kier alpha value is -2.32. The first-order valence-corrected chi connectivity index (χ1v) is 8.42. The van der Waals surface area contributed by atoms with Crippen LogP contribution in [0.3, 0.4) is 0 Å². The zero-order valence-corrected chi connectivity index (χ0v) is 15.7. The maximum absolute atomic E-state index is 13.1. The Bertz CT molecular complexity index is 751. The normalized spacial score (nSPS) is 15.8. The molecule has 2 aromatic rings. The summed E-state index contributed by atoms with van der Waals surface area (Å²) in [5.41, 5.74) is 0.241. The molecule has 0 aromatic carbocycles. The number of aryl methyl sites for hydroxylation is 1. The molecule has 1 aliphatic heterocycles. The van der Waals surface area contributed by atoms with E-state index in [9.17, 15) is 9.59 Å². The van der Waals surface area contributed by atoms with Crippen LogP contribution in [0.25, 0.3) is 0 Å². The van der Waals surface area contributed by atoms with Crippen LogP contribution in [0.1, 0.15) is 30.3 Å². The third-order valence-electron chi connectivity index (χ3n) is 4.54. The number of halogens is 1. The minimum atomic E-state index is -0.727. The fraction of sp³-hybridized carbons (Fsp3) is 0.471. The van der Waals surface area contributed by atoms with Gasteiger partial charge in [0, 0.05) is 25.6 Å². The summed E-state index contributed by atoms with van der Waals surface area (Å²) in [7, 11) is 1.75. The average molecular weight is 382 g/mol. The van der Waals surface area contributed by atoms with Crippen molar-refractivity contribution in [1.29, 1.82) is 0 Å². The number of ether oxygens (including phenoxy) is 1. The number of hydrogen-bond donors (Lipinski definition) is 2. The topological polar surface area (TPSA) is 90.2 Å². The van der Waals surface area contributed by atoms with Gasteiger partial charge in [-0.3, -0.25) is 9.48 Å². The Labute approximate surface area is 158 Å². The van der Waals surface area contributed by atoms with Crippen molar-refractivity contribution in [3.8, 4) is 0 Å². The Morgan fingerprint density at radius 3 is 2.73 bits per heavy atom. The third-order valence-corrected chi connectivity index (χ3v) is 4.54. The van der Waals surface area contributed by atoms with Crippen molar-refractivity contribution in [2.45, 2.75) is 25.3 Å². The van der Waals surface area contributed by atoms with E-state index >= 15 is 0 Å². The number of hydrogen-bond acceptors (Lipinski definition) is 5. The number of esters is 1. The number of carbonyl (C=O) groups is 2. The zero-order chi connectivity index (χ0) is 17.9. The SMILES string of the molecule is CCOC(=O)c1cc(NC(=O)C2(n3cccn3)CCNCC2)cn1C.Cl. The van der Waals surface area contributed by atoms with Crippen LogP contribution < -0.4 is 10.6 Å². The summed E-state index contributed by atoms with van der Waals surface area (Å²) in [6.07, 6.45) is 6.51. The van der Waals surface area contributed by atoms with Gasteiger partial charge in [0.1, 0.15) is 11.2 Å². The average Bonchev–Trinajstić information content (AvgIpc) is 3.26. The molecule has 3 rings (SSSR count). The molecule has 0 atom stereocenters. The first-order chi connectivity index (χ1) is 12.1. The Balaban J connectivity index is 0.00000243. The van der Waals surface area contributed by atoms with E-state index in [1.807, 2.05) is 12.3 Å². The van der Waals surface area contributed by atoms with Crippen molar-refractivity contribution in [1.82, 2.24) is 19.7 Å². The molecule has 2 N–H and O–H groups in total. The van der Waals surface area contributed by atoms with Gasteiger partial charge < -0.3 is 19.9 Å². The van der Waals surface area contributed by atoms with E-state index in [4.69, 9.17) is 4.74 Å². The first-order valence-electron chi connectivity index (χ1n) is 8.42. The van der Waals surface area contributed by atoms with Gasteiger partial charge >= 0.3 is 5.97 Å². The van der Waals surface area contributed by atoms with Gasteiger partial charge in [-0.05, 0) is 45.0 Å². The number of aromatic nitrogens is 3. The number of carbonyl (C=O) groups excluding carboxylic acids is 2. The summed E-state index contributed by atoms with van der Waals surface area (Å²) >= 11 is 0. The van der Waals surface area contributed by atoms with Gasteiger partial charge in [-0.2, -0.15) is 5.10 Å².